The van der Waals surface area contributed by atoms with Crippen LogP contribution >= 0.6 is 0 Å². The van der Waals surface area contributed by atoms with Crippen LogP contribution in [0.25, 0.3) is 10.9 Å². The van der Waals surface area contributed by atoms with Crippen LogP contribution in [0.3, 0.4) is 0 Å². The minimum atomic E-state index is -0.289. The molecule has 146 valence electrons. The van der Waals surface area contributed by atoms with Crippen molar-refractivity contribution in [2.75, 3.05) is 6.61 Å². The van der Waals surface area contributed by atoms with Crippen molar-refractivity contribution in [3.8, 4) is 0 Å². The average Bonchev–Trinajstić information content (AvgIpc) is 2.69. The summed E-state index contributed by atoms with van der Waals surface area (Å²) in [5, 5.41) is 3.27. The van der Waals surface area contributed by atoms with Crippen molar-refractivity contribution in [2.24, 2.45) is 5.92 Å². The van der Waals surface area contributed by atoms with E-state index in [0.717, 1.165) is 22.2 Å². The molecule has 2 N–H and O–H groups in total. The number of rotatable bonds is 7. The predicted molar refractivity (Wildman–Crippen MR) is 112 cm³/mol. The summed E-state index contributed by atoms with van der Waals surface area (Å²) in [5.74, 6) is 0.164. The van der Waals surface area contributed by atoms with Crippen LogP contribution in [0.5, 0.6) is 0 Å². The van der Waals surface area contributed by atoms with Crippen molar-refractivity contribution in [3.05, 3.63) is 77.0 Å². The molecule has 0 saturated heterocycles. The summed E-state index contributed by atoms with van der Waals surface area (Å²) in [6.07, 6.45) is 0. The van der Waals surface area contributed by atoms with Gasteiger partial charge in [0, 0.05) is 16.9 Å². The monoisotopic (exact) mass is 377 g/mol. The van der Waals surface area contributed by atoms with E-state index in [1.165, 1.54) is 5.56 Å². The second-order valence-electron chi connectivity index (χ2n) is 7.42. The van der Waals surface area contributed by atoms with Crippen molar-refractivity contribution in [2.45, 2.75) is 40.3 Å². The molecule has 4 heteroatoms. The molecule has 1 heterocycles. The van der Waals surface area contributed by atoms with E-state index in [0.29, 0.717) is 30.7 Å². The minimum Gasteiger partial charge on any atom is -0.462 e. The lowest BCUT2D eigenvalue weighted by Crippen LogP contribution is -2.85. The van der Waals surface area contributed by atoms with Gasteiger partial charge >= 0.3 is 5.97 Å². The number of ether oxygens (including phenoxy) is 1. The van der Waals surface area contributed by atoms with Crippen LogP contribution in [0.4, 0.5) is 0 Å². The average molecular weight is 378 g/mol. The Kier molecular flexibility index (Phi) is 6.42. The first-order valence-corrected chi connectivity index (χ1v) is 9.96. The number of hydrogen-bond donors (Lipinski definition) is 1. The molecular formula is C24H29N2O2+. The lowest BCUT2D eigenvalue weighted by molar-refractivity contribution is -0.717. The van der Waals surface area contributed by atoms with Crippen LogP contribution in [-0.2, 0) is 11.3 Å². The zero-order valence-corrected chi connectivity index (χ0v) is 17.1. The number of nitrogens with two attached hydrogens (primary N) is 1. The van der Waals surface area contributed by atoms with Gasteiger partial charge in [-0.25, -0.2) is 9.78 Å². The molecule has 0 aliphatic rings. The number of esters is 1. The van der Waals surface area contributed by atoms with Crippen molar-refractivity contribution in [1.29, 1.82) is 0 Å². The molecule has 0 fully saturated rings. The van der Waals surface area contributed by atoms with Crippen LogP contribution < -0.4 is 5.32 Å². The van der Waals surface area contributed by atoms with E-state index < -0.39 is 0 Å². The molecule has 2 aromatic carbocycles. The zero-order valence-electron chi connectivity index (χ0n) is 17.1. The molecule has 3 aromatic rings. The fourth-order valence-electron chi connectivity index (χ4n) is 3.77. The zero-order chi connectivity index (χ0) is 20.1. The van der Waals surface area contributed by atoms with Gasteiger partial charge in [-0.05, 0) is 25.5 Å². The highest BCUT2D eigenvalue weighted by atomic mass is 16.5. The molecule has 0 aliphatic carbocycles. The van der Waals surface area contributed by atoms with Crippen molar-refractivity contribution in [1.82, 2.24) is 4.98 Å². The molecule has 1 aromatic heterocycles. The third kappa shape index (κ3) is 4.23. The van der Waals surface area contributed by atoms with E-state index in [4.69, 9.17) is 9.72 Å². The number of hydrogen-bond acceptors (Lipinski definition) is 3. The Hall–Kier alpha value is -2.72. The Bertz CT molecular complexity index is 951. The lowest BCUT2D eigenvalue weighted by Gasteiger charge is -2.21. The van der Waals surface area contributed by atoms with Gasteiger partial charge in [0.1, 0.15) is 18.3 Å². The quantitative estimate of drug-likeness (QED) is 0.629. The van der Waals surface area contributed by atoms with Gasteiger partial charge in [-0.15, -0.1) is 0 Å². The molecule has 28 heavy (non-hydrogen) atoms. The van der Waals surface area contributed by atoms with Crippen LogP contribution in [0.1, 0.15) is 54.0 Å². The highest BCUT2D eigenvalue weighted by Gasteiger charge is 2.24. The van der Waals surface area contributed by atoms with Gasteiger partial charge in [0.25, 0.3) is 0 Å². The van der Waals surface area contributed by atoms with Gasteiger partial charge in [-0.3, -0.25) is 0 Å². The maximum absolute atomic E-state index is 12.7. The van der Waals surface area contributed by atoms with E-state index in [-0.39, 0.29) is 5.97 Å². The van der Waals surface area contributed by atoms with Gasteiger partial charge in [0.2, 0.25) is 0 Å². The maximum atomic E-state index is 12.7. The molecule has 0 saturated carbocycles. The topological polar surface area (TPSA) is 55.8 Å². The first-order chi connectivity index (χ1) is 13.5. The van der Waals surface area contributed by atoms with E-state index in [1.807, 2.05) is 44.2 Å². The Labute approximate surface area is 166 Å². The molecule has 4 nitrogen and oxygen atoms in total. The summed E-state index contributed by atoms with van der Waals surface area (Å²) in [6, 6.07) is 18.8. The van der Waals surface area contributed by atoms with E-state index >= 15 is 0 Å². The van der Waals surface area contributed by atoms with Crippen molar-refractivity contribution >= 4 is 16.9 Å². The molecule has 0 aliphatic heterocycles. The van der Waals surface area contributed by atoms with Gasteiger partial charge in [0.15, 0.2) is 0 Å². The van der Waals surface area contributed by atoms with E-state index in [1.54, 1.807) is 0 Å². The third-order valence-electron chi connectivity index (χ3n) is 5.17. The number of benzene rings is 2. The number of quaternary nitrogens is 1. The van der Waals surface area contributed by atoms with Crippen LogP contribution in [0, 0.1) is 12.8 Å². The number of fused-ring (bicyclic) bond motifs is 1. The molecule has 0 unspecified atom stereocenters. The summed E-state index contributed by atoms with van der Waals surface area (Å²) in [5.41, 5.74) is 4.53. The number of aryl methyl sites for hydroxylation is 1. The summed E-state index contributed by atoms with van der Waals surface area (Å²) in [4.78, 5) is 17.5. The van der Waals surface area contributed by atoms with E-state index in [2.05, 4.69) is 43.4 Å². The fraction of sp³-hybridized carbons (Fsp3) is 0.333. The number of para-hydroxylation sites is 1. The molecule has 0 radical (unpaired) electrons. The maximum Gasteiger partial charge on any atom is 0.340 e. The van der Waals surface area contributed by atoms with Crippen molar-refractivity contribution < 1.29 is 14.8 Å². The molecular weight excluding hydrogens is 348 g/mol. The Morgan fingerprint density at radius 3 is 2.43 bits per heavy atom. The summed E-state index contributed by atoms with van der Waals surface area (Å²) in [7, 11) is 0. The molecule has 1 atom stereocenters. The number of carbonyl (C=O) groups excluding carboxylic acids is 1. The second kappa shape index (κ2) is 8.98. The molecule has 0 bridgehead atoms. The second-order valence-corrected chi connectivity index (χ2v) is 7.42. The van der Waals surface area contributed by atoms with Crippen LogP contribution in [0.15, 0.2) is 54.6 Å². The highest BCUT2D eigenvalue weighted by molar-refractivity contribution is 5.98. The summed E-state index contributed by atoms with van der Waals surface area (Å²) >= 11 is 0. The van der Waals surface area contributed by atoms with Gasteiger partial charge in [0.05, 0.1) is 17.7 Å². The first kappa shape index (κ1) is 20.0. The summed E-state index contributed by atoms with van der Waals surface area (Å²) in [6.45, 7) is 9.23. The Balaban J connectivity index is 1.99. The predicted octanol–water partition coefficient (Wildman–Crippen LogP) is 4.18. The number of pyridine rings is 1. The Morgan fingerprint density at radius 1 is 1.07 bits per heavy atom. The van der Waals surface area contributed by atoms with Gasteiger partial charge in [-0.2, -0.15) is 0 Å². The summed E-state index contributed by atoms with van der Waals surface area (Å²) < 4.78 is 5.34. The molecule has 0 amide bonds. The first-order valence-electron chi connectivity index (χ1n) is 9.96. The number of nitrogens with zero attached hydrogens (tertiary/aromatic N) is 1. The number of carbonyl (C=O) groups is 1. The van der Waals surface area contributed by atoms with E-state index in [9.17, 15) is 4.79 Å². The van der Waals surface area contributed by atoms with Crippen LogP contribution in [-0.4, -0.2) is 17.6 Å². The smallest absolute Gasteiger partial charge is 0.340 e. The largest absolute Gasteiger partial charge is 0.462 e. The normalized spacial score (nSPS) is 12.3. The SMILES string of the molecule is CCOC(=O)c1c(C[NH2+][C@@H](c2ccccc2)C(C)C)nc2ccccc2c1C. The third-order valence-corrected chi connectivity index (χ3v) is 5.17. The van der Waals surface area contributed by atoms with Crippen LogP contribution in [0.2, 0.25) is 0 Å². The van der Waals surface area contributed by atoms with Crippen molar-refractivity contribution in [3.63, 3.8) is 0 Å². The van der Waals surface area contributed by atoms with Gasteiger partial charge in [-0.1, -0.05) is 62.4 Å². The molecule has 0 spiro atoms. The molecule has 3 rings (SSSR count). The fourth-order valence-corrected chi connectivity index (χ4v) is 3.77. The minimum absolute atomic E-state index is 0.289. The lowest BCUT2D eigenvalue weighted by atomic mass is 9.95. The van der Waals surface area contributed by atoms with Gasteiger partial charge < -0.3 is 10.1 Å². The Morgan fingerprint density at radius 2 is 1.75 bits per heavy atom. The number of aromatic nitrogens is 1. The highest BCUT2D eigenvalue weighted by Crippen LogP contribution is 2.24. The standard InChI is InChI=1S/C24H28N2O2/c1-5-28-24(27)22-17(4)19-13-9-10-14-20(19)26-21(22)15-25-23(16(2)3)18-11-7-6-8-12-18/h6-14,16,23,25H,5,15H2,1-4H3/p+1/t23-/m1/s1.